The molecule has 2 rings (SSSR count). The Kier molecular flexibility index (Phi) is 2.79. The Morgan fingerprint density at radius 1 is 1.53 bits per heavy atom. The molecule has 2 N–H and O–H groups in total. The standard InChI is InChI=1S/C9H17NO4S/c1-9(13-6-7(5-10)14-9)8-3-2-4-15(8,11)12/h7-8H,2-6,10H2,1H3. The average Bonchev–Trinajstić information content (AvgIpc) is 2.70. The van der Waals surface area contributed by atoms with E-state index in [0.717, 1.165) is 0 Å². The molecule has 0 aliphatic carbocycles. The summed E-state index contributed by atoms with van der Waals surface area (Å²) < 4.78 is 34.6. The van der Waals surface area contributed by atoms with Crippen LogP contribution in [0.25, 0.3) is 0 Å². The van der Waals surface area contributed by atoms with Gasteiger partial charge in [0.15, 0.2) is 15.6 Å². The summed E-state index contributed by atoms with van der Waals surface area (Å²) in [6.45, 7) is 2.46. The van der Waals surface area contributed by atoms with Crippen molar-refractivity contribution in [3.63, 3.8) is 0 Å². The van der Waals surface area contributed by atoms with Crippen molar-refractivity contribution in [1.82, 2.24) is 0 Å². The smallest absolute Gasteiger partial charge is 0.182 e. The van der Waals surface area contributed by atoms with Gasteiger partial charge in [0.1, 0.15) is 5.25 Å². The van der Waals surface area contributed by atoms with Crippen LogP contribution in [0.15, 0.2) is 0 Å². The predicted molar refractivity (Wildman–Crippen MR) is 55.1 cm³/mol. The van der Waals surface area contributed by atoms with Gasteiger partial charge < -0.3 is 15.2 Å². The summed E-state index contributed by atoms with van der Waals surface area (Å²) in [6.07, 6.45) is 1.14. The quantitative estimate of drug-likeness (QED) is 0.708. The summed E-state index contributed by atoms with van der Waals surface area (Å²) in [7, 11) is -3.05. The summed E-state index contributed by atoms with van der Waals surface area (Å²) in [5, 5.41) is -0.526. The van der Waals surface area contributed by atoms with E-state index in [4.69, 9.17) is 15.2 Å². The third-order valence-electron chi connectivity index (χ3n) is 3.13. The molecule has 0 bridgehead atoms. The van der Waals surface area contributed by atoms with Gasteiger partial charge in [-0.05, 0) is 19.8 Å². The Bertz CT molecular complexity index is 342. The fraction of sp³-hybridized carbons (Fsp3) is 1.00. The largest absolute Gasteiger partial charge is 0.346 e. The van der Waals surface area contributed by atoms with Crippen molar-refractivity contribution in [3.8, 4) is 0 Å². The molecule has 3 unspecified atom stereocenters. The molecule has 88 valence electrons. The van der Waals surface area contributed by atoms with Crippen LogP contribution in [0.4, 0.5) is 0 Å². The first-order chi connectivity index (χ1) is 6.98. The van der Waals surface area contributed by atoms with Crippen LogP contribution in [0.2, 0.25) is 0 Å². The van der Waals surface area contributed by atoms with Gasteiger partial charge in [-0.1, -0.05) is 0 Å². The molecule has 5 nitrogen and oxygen atoms in total. The predicted octanol–water partition coefficient (Wildman–Crippen LogP) is -0.346. The van der Waals surface area contributed by atoms with Crippen LogP contribution >= 0.6 is 0 Å². The van der Waals surface area contributed by atoms with Crippen molar-refractivity contribution < 1.29 is 17.9 Å². The summed E-state index contributed by atoms with van der Waals surface area (Å²) in [6, 6.07) is 0. The highest BCUT2D eigenvalue weighted by molar-refractivity contribution is 7.92. The molecule has 0 aromatic carbocycles. The van der Waals surface area contributed by atoms with E-state index in [2.05, 4.69) is 0 Å². The van der Waals surface area contributed by atoms with Crippen LogP contribution in [-0.4, -0.2) is 44.5 Å². The number of nitrogens with two attached hydrogens (primary N) is 1. The van der Waals surface area contributed by atoms with Gasteiger partial charge in [0.05, 0.1) is 18.5 Å². The molecule has 6 heteroatoms. The molecule has 0 aromatic rings. The van der Waals surface area contributed by atoms with Crippen LogP contribution in [0.1, 0.15) is 19.8 Å². The summed E-state index contributed by atoms with van der Waals surface area (Å²) in [5.74, 6) is -0.743. The third-order valence-corrected chi connectivity index (χ3v) is 5.52. The number of hydrogen-bond donors (Lipinski definition) is 1. The molecule has 0 aromatic heterocycles. The molecular formula is C9H17NO4S. The van der Waals surface area contributed by atoms with Crippen LogP contribution in [0, 0.1) is 0 Å². The maximum Gasteiger partial charge on any atom is 0.182 e. The van der Waals surface area contributed by atoms with Gasteiger partial charge >= 0.3 is 0 Å². The molecule has 0 saturated carbocycles. The van der Waals surface area contributed by atoms with Gasteiger partial charge in [-0.25, -0.2) is 8.42 Å². The van der Waals surface area contributed by atoms with E-state index in [1.54, 1.807) is 6.92 Å². The van der Waals surface area contributed by atoms with Gasteiger partial charge in [-0.2, -0.15) is 0 Å². The van der Waals surface area contributed by atoms with E-state index in [1.165, 1.54) is 0 Å². The zero-order valence-corrected chi connectivity index (χ0v) is 9.63. The van der Waals surface area contributed by atoms with Gasteiger partial charge in [0, 0.05) is 6.54 Å². The summed E-state index contributed by atoms with van der Waals surface area (Å²) in [4.78, 5) is 0. The van der Waals surface area contributed by atoms with Crippen LogP contribution in [-0.2, 0) is 19.3 Å². The second-order valence-electron chi connectivity index (χ2n) is 4.30. The minimum atomic E-state index is -3.05. The Hall–Kier alpha value is -0.170. The lowest BCUT2D eigenvalue weighted by molar-refractivity contribution is -0.153. The highest BCUT2D eigenvalue weighted by atomic mass is 32.2. The van der Waals surface area contributed by atoms with Crippen molar-refractivity contribution in [1.29, 1.82) is 0 Å². The molecule has 2 aliphatic heterocycles. The molecule has 0 amide bonds. The lowest BCUT2D eigenvalue weighted by atomic mass is 10.1. The Balaban J connectivity index is 2.17. The van der Waals surface area contributed by atoms with Crippen LogP contribution in [0.5, 0.6) is 0 Å². The van der Waals surface area contributed by atoms with Crippen molar-refractivity contribution in [2.24, 2.45) is 5.73 Å². The normalized spacial score (nSPS) is 44.7. The molecule has 15 heavy (non-hydrogen) atoms. The first kappa shape index (κ1) is 11.3. The van der Waals surface area contributed by atoms with Gasteiger partial charge in [-0.15, -0.1) is 0 Å². The van der Waals surface area contributed by atoms with Crippen molar-refractivity contribution in [3.05, 3.63) is 0 Å². The van der Waals surface area contributed by atoms with Crippen LogP contribution in [0.3, 0.4) is 0 Å². The summed E-state index contributed by atoms with van der Waals surface area (Å²) in [5.41, 5.74) is 5.47. The maximum atomic E-state index is 11.8. The molecule has 2 fully saturated rings. The molecule has 2 saturated heterocycles. The second kappa shape index (κ2) is 3.69. The molecule has 3 atom stereocenters. The molecule has 2 heterocycles. The zero-order valence-electron chi connectivity index (χ0n) is 8.81. The topological polar surface area (TPSA) is 78.6 Å². The van der Waals surface area contributed by atoms with E-state index < -0.39 is 20.9 Å². The van der Waals surface area contributed by atoms with Gasteiger partial charge in [0.25, 0.3) is 0 Å². The van der Waals surface area contributed by atoms with Gasteiger partial charge in [-0.3, -0.25) is 0 Å². The zero-order chi connectivity index (χ0) is 11.1. The first-order valence-corrected chi connectivity index (χ1v) is 6.93. The number of sulfone groups is 1. The van der Waals surface area contributed by atoms with Crippen molar-refractivity contribution in [2.45, 2.75) is 36.9 Å². The Morgan fingerprint density at radius 2 is 2.27 bits per heavy atom. The SMILES string of the molecule is CC1(C2CCCS2(=O)=O)OCC(CN)O1. The van der Waals surface area contributed by atoms with Crippen LogP contribution < -0.4 is 5.73 Å². The first-order valence-electron chi connectivity index (χ1n) is 5.21. The van der Waals surface area contributed by atoms with E-state index in [9.17, 15) is 8.42 Å². The monoisotopic (exact) mass is 235 g/mol. The fourth-order valence-electron chi connectivity index (χ4n) is 2.32. The van der Waals surface area contributed by atoms with E-state index in [1.807, 2.05) is 0 Å². The maximum absolute atomic E-state index is 11.8. The minimum Gasteiger partial charge on any atom is -0.346 e. The Labute approximate surface area is 89.8 Å². The lowest BCUT2D eigenvalue weighted by Gasteiger charge is -2.28. The number of rotatable bonds is 2. The molecule has 0 spiro atoms. The number of hydrogen-bond acceptors (Lipinski definition) is 5. The molecule has 0 radical (unpaired) electrons. The lowest BCUT2D eigenvalue weighted by Crippen LogP contribution is -2.44. The summed E-state index contributed by atoms with van der Waals surface area (Å²) >= 11 is 0. The highest BCUT2D eigenvalue weighted by Crippen LogP contribution is 2.36. The van der Waals surface area contributed by atoms with E-state index in [-0.39, 0.29) is 11.9 Å². The highest BCUT2D eigenvalue weighted by Gasteiger charge is 2.51. The minimum absolute atomic E-state index is 0.175. The van der Waals surface area contributed by atoms with Crippen molar-refractivity contribution in [2.75, 3.05) is 18.9 Å². The molecule has 2 aliphatic rings. The van der Waals surface area contributed by atoms with Gasteiger partial charge in [0.2, 0.25) is 0 Å². The second-order valence-corrected chi connectivity index (χ2v) is 6.60. The third kappa shape index (κ3) is 1.91. The van der Waals surface area contributed by atoms with Crippen molar-refractivity contribution >= 4 is 9.84 Å². The fourth-order valence-corrected chi connectivity index (χ4v) is 4.48. The number of ether oxygens (including phenoxy) is 2. The van der Waals surface area contributed by atoms with E-state index >= 15 is 0 Å². The average molecular weight is 235 g/mol. The van der Waals surface area contributed by atoms with E-state index in [0.29, 0.717) is 26.0 Å². The Morgan fingerprint density at radius 3 is 2.73 bits per heavy atom. The molecular weight excluding hydrogens is 218 g/mol.